The third-order valence-corrected chi connectivity index (χ3v) is 3.51. The number of para-hydroxylation sites is 1. The number of nitrogens with zero attached hydrogens (tertiary/aromatic N) is 2. The minimum absolute atomic E-state index is 0.614. The van der Waals surface area contributed by atoms with Gasteiger partial charge in [0.1, 0.15) is 0 Å². The lowest BCUT2D eigenvalue weighted by atomic mass is 10.1. The van der Waals surface area contributed by atoms with Crippen LogP contribution >= 0.6 is 0 Å². The van der Waals surface area contributed by atoms with Crippen molar-refractivity contribution in [2.75, 3.05) is 32.1 Å². The summed E-state index contributed by atoms with van der Waals surface area (Å²) in [5.74, 6) is 0. The predicted octanol–water partition coefficient (Wildman–Crippen LogP) is 1.29. The molecule has 1 atom stereocenters. The maximum absolute atomic E-state index is 5.78. The fourth-order valence-electron chi connectivity index (χ4n) is 2.45. The second-order valence-corrected chi connectivity index (χ2v) is 4.65. The zero-order valence-electron chi connectivity index (χ0n) is 10.2. The zero-order chi connectivity index (χ0) is 11.5. The van der Waals surface area contributed by atoms with Crippen molar-refractivity contribution >= 4 is 5.69 Å². The Morgan fingerprint density at radius 2 is 2.19 bits per heavy atom. The molecule has 1 fully saturated rings. The van der Waals surface area contributed by atoms with Crippen LogP contribution in [0, 0.1) is 0 Å². The summed E-state index contributed by atoms with van der Waals surface area (Å²) in [7, 11) is 4.36. The molecule has 3 heteroatoms. The largest absolute Gasteiger partial charge is 0.370 e. The molecule has 0 radical (unpaired) electrons. The number of benzene rings is 1. The summed E-state index contributed by atoms with van der Waals surface area (Å²) in [4.78, 5) is 4.76. The number of anilines is 1. The standard InChI is InChI=1S/C13H21N3/c1-15-8-7-12(10-15)16(2)13-6-4-3-5-11(13)9-14/h3-6,12H,7-10,14H2,1-2H3. The zero-order valence-corrected chi connectivity index (χ0v) is 10.2. The smallest absolute Gasteiger partial charge is 0.0425 e. The van der Waals surface area contributed by atoms with Crippen LogP contribution in [0.25, 0.3) is 0 Å². The Hall–Kier alpha value is -1.06. The SMILES string of the molecule is CN1CCC(N(C)c2ccccc2CN)C1. The minimum Gasteiger partial charge on any atom is -0.370 e. The molecule has 0 aliphatic carbocycles. The fraction of sp³-hybridized carbons (Fsp3) is 0.538. The molecule has 16 heavy (non-hydrogen) atoms. The molecule has 1 unspecified atom stereocenters. The molecule has 1 aliphatic heterocycles. The second kappa shape index (κ2) is 4.85. The highest BCUT2D eigenvalue weighted by Crippen LogP contribution is 2.24. The molecule has 1 saturated heterocycles. The van der Waals surface area contributed by atoms with E-state index in [1.165, 1.54) is 24.2 Å². The van der Waals surface area contributed by atoms with Crippen molar-refractivity contribution in [3.8, 4) is 0 Å². The summed E-state index contributed by atoms with van der Waals surface area (Å²) in [5.41, 5.74) is 8.30. The van der Waals surface area contributed by atoms with Gasteiger partial charge in [-0.3, -0.25) is 0 Å². The van der Waals surface area contributed by atoms with Crippen LogP contribution in [0.2, 0.25) is 0 Å². The lowest BCUT2D eigenvalue weighted by Gasteiger charge is -2.28. The maximum atomic E-state index is 5.78. The number of likely N-dealkylation sites (tertiary alicyclic amines) is 1. The van der Waals surface area contributed by atoms with Crippen molar-refractivity contribution in [3.05, 3.63) is 29.8 Å². The van der Waals surface area contributed by atoms with Gasteiger partial charge in [-0.05, 0) is 31.6 Å². The van der Waals surface area contributed by atoms with E-state index in [0.29, 0.717) is 12.6 Å². The third-order valence-electron chi connectivity index (χ3n) is 3.51. The number of nitrogens with two attached hydrogens (primary N) is 1. The highest BCUT2D eigenvalue weighted by molar-refractivity contribution is 5.54. The van der Waals surface area contributed by atoms with Crippen molar-refractivity contribution < 1.29 is 0 Å². The van der Waals surface area contributed by atoms with Crippen LogP contribution < -0.4 is 10.6 Å². The van der Waals surface area contributed by atoms with E-state index in [4.69, 9.17) is 5.73 Å². The van der Waals surface area contributed by atoms with Gasteiger partial charge in [0, 0.05) is 31.9 Å². The summed E-state index contributed by atoms with van der Waals surface area (Å²) in [6.45, 7) is 2.96. The molecule has 0 amide bonds. The molecule has 0 bridgehead atoms. The average Bonchev–Trinajstić information content (AvgIpc) is 2.75. The van der Waals surface area contributed by atoms with Gasteiger partial charge in [0.2, 0.25) is 0 Å². The first kappa shape index (κ1) is 11.4. The monoisotopic (exact) mass is 219 g/mol. The maximum Gasteiger partial charge on any atom is 0.0425 e. The van der Waals surface area contributed by atoms with Gasteiger partial charge in [-0.1, -0.05) is 18.2 Å². The van der Waals surface area contributed by atoms with E-state index in [-0.39, 0.29) is 0 Å². The second-order valence-electron chi connectivity index (χ2n) is 4.65. The van der Waals surface area contributed by atoms with E-state index < -0.39 is 0 Å². The van der Waals surface area contributed by atoms with Gasteiger partial charge in [-0.15, -0.1) is 0 Å². The first-order chi connectivity index (χ1) is 7.72. The van der Waals surface area contributed by atoms with Crippen LogP contribution in [-0.4, -0.2) is 38.1 Å². The normalized spacial score (nSPS) is 21.3. The van der Waals surface area contributed by atoms with Crippen molar-refractivity contribution in [1.82, 2.24) is 4.90 Å². The lowest BCUT2D eigenvalue weighted by molar-refractivity contribution is 0.409. The van der Waals surface area contributed by atoms with E-state index in [1.807, 2.05) is 0 Å². The molecule has 0 spiro atoms. The first-order valence-electron chi connectivity index (χ1n) is 5.91. The van der Waals surface area contributed by atoms with E-state index >= 15 is 0 Å². The Labute approximate surface area is 97.8 Å². The van der Waals surface area contributed by atoms with Crippen molar-refractivity contribution in [3.63, 3.8) is 0 Å². The predicted molar refractivity (Wildman–Crippen MR) is 68.6 cm³/mol. The number of hydrogen-bond donors (Lipinski definition) is 1. The summed E-state index contributed by atoms with van der Waals surface area (Å²) < 4.78 is 0. The van der Waals surface area contributed by atoms with Crippen LogP contribution in [-0.2, 0) is 6.54 Å². The molecule has 1 aromatic rings. The van der Waals surface area contributed by atoms with Crippen LogP contribution in [0.4, 0.5) is 5.69 Å². The third kappa shape index (κ3) is 2.20. The number of hydrogen-bond acceptors (Lipinski definition) is 3. The highest BCUT2D eigenvalue weighted by Gasteiger charge is 2.24. The van der Waals surface area contributed by atoms with Gasteiger partial charge in [0.15, 0.2) is 0 Å². The molecule has 1 aromatic carbocycles. The van der Waals surface area contributed by atoms with Crippen molar-refractivity contribution in [2.24, 2.45) is 5.73 Å². The highest BCUT2D eigenvalue weighted by atomic mass is 15.2. The van der Waals surface area contributed by atoms with Crippen LogP contribution in [0.1, 0.15) is 12.0 Å². The summed E-state index contributed by atoms with van der Waals surface area (Å²) in [6, 6.07) is 9.05. The van der Waals surface area contributed by atoms with Gasteiger partial charge < -0.3 is 15.5 Å². The van der Waals surface area contributed by atoms with Crippen LogP contribution in [0.5, 0.6) is 0 Å². The summed E-state index contributed by atoms with van der Waals surface area (Å²) in [6.07, 6.45) is 1.24. The number of likely N-dealkylation sites (N-methyl/N-ethyl adjacent to an activating group) is 2. The van der Waals surface area contributed by atoms with Gasteiger partial charge in [0.05, 0.1) is 0 Å². The van der Waals surface area contributed by atoms with E-state index in [2.05, 4.69) is 48.2 Å². The Balaban J connectivity index is 2.16. The Bertz CT molecular complexity index is 351. The summed E-state index contributed by atoms with van der Waals surface area (Å²) >= 11 is 0. The molecule has 1 aliphatic rings. The van der Waals surface area contributed by atoms with Gasteiger partial charge in [-0.2, -0.15) is 0 Å². The fourth-order valence-corrected chi connectivity index (χ4v) is 2.45. The molecule has 2 rings (SSSR count). The molecule has 1 heterocycles. The molecular weight excluding hydrogens is 198 g/mol. The Morgan fingerprint density at radius 3 is 2.81 bits per heavy atom. The number of rotatable bonds is 3. The van der Waals surface area contributed by atoms with Gasteiger partial charge in [-0.25, -0.2) is 0 Å². The molecule has 0 saturated carbocycles. The Morgan fingerprint density at radius 1 is 1.44 bits per heavy atom. The van der Waals surface area contributed by atoms with E-state index in [0.717, 1.165) is 6.54 Å². The van der Waals surface area contributed by atoms with E-state index in [9.17, 15) is 0 Å². The average molecular weight is 219 g/mol. The van der Waals surface area contributed by atoms with Gasteiger partial charge in [0.25, 0.3) is 0 Å². The van der Waals surface area contributed by atoms with Crippen LogP contribution in [0.3, 0.4) is 0 Å². The Kier molecular flexibility index (Phi) is 3.46. The molecule has 3 nitrogen and oxygen atoms in total. The van der Waals surface area contributed by atoms with Crippen molar-refractivity contribution in [2.45, 2.75) is 19.0 Å². The van der Waals surface area contributed by atoms with Crippen LogP contribution in [0.15, 0.2) is 24.3 Å². The first-order valence-corrected chi connectivity index (χ1v) is 5.91. The minimum atomic E-state index is 0.614. The quantitative estimate of drug-likeness (QED) is 0.831. The molecule has 0 aromatic heterocycles. The van der Waals surface area contributed by atoms with Gasteiger partial charge >= 0.3 is 0 Å². The molecule has 2 N–H and O–H groups in total. The van der Waals surface area contributed by atoms with E-state index in [1.54, 1.807) is 0 Å². The summed E-state index contributed by atoms with van der Waals surface area (Å²) in [5, 5.41) is 0. The topological polar surface area (TPSA) is 32.5 Å². The molecular formula is C13H21N3. The molecule has 88 valence electrons. The lowest BCUT2D eigenvalue weighted by Crippen LogP contribution is -2.34. The van der Waals surface area contributed by atoms with Crippen molar-refractivity contribution in [1.29, 1.82) is 0 Å².